The van der Waals surface area contributed by atoms with Gasteiger partial charge in [-0.1, -0.05) is 23.7 Å². The third-order valence-electron chi connectivity index (χ3n) is 2.80. The molecule has 1 unspecified atom stereocenters. The van der Waals surface area contributed by atoms with Gasteiger partial charge >= 0.3 is 0 Å². The molecule has 2 aromatic rings. The summed E-state index contributed by atoms with van der Waals surface area (Å²) in [5.41, 5.74) is 1.16. The number of halogens is 2. The maximum Gasteiger partial charge on any atom is 0.120 e. The molecule has 0 amide bonds. The fourth-order valence-corrected chi connectivity index (χ4v) is 3.89. The van der Waals surface area contributed by atoms with Gasteiger partial charge in [-0.25, -0.2) is 0 Å². The van der Waals surface area contributed by atoms with Crippen molar-refractivity contribution in [2.45, 2.75) is 26.0 Å². The summed E-state index contributed by atoms with van der Waals surface area (Å²) in [6.07, 6.45) is 0.170. The molecular formula is C15H17BrClNOS. The van der Waals surface area contributed by atoms with Gasteiger partial charge in [0, 0.05) is 9.35 Å². The lowest BCUT2D eigenvalue weighted by Gasteiger charge is -2.17. The van der Waals surface area contributed by atoms with Crippen molar-refractivity contribution in [2.24, 2.45) is 0 Å². The average molecular weight is 375 g/mol. The first-order chi connectivity index (χ1) is 9.51. The first-order valence-electron chi connectivity index (χ1n) is 6.40. The van der Waals surface area contributed by atoms with Crippen LogP contribution < -0.4 is 10.1 Å². The normalized spacial score (nSPS) is 12.7. The molecule has 108 valence electrons. The fraction of sp³-hybridized carbons (Fsp3) is 0.333. The number of nitrogens with one attached hydrogen (secondary N) is 1. The Kier molecular flexibility index (Phi) is 5.49. The third kappa shape index (κ3) is 3.76. The maximum atomic E-state index is 6.14. The highest BCUT2D eigenvalue weighted by atomic mass is 79.9. The Bertz CT molecular complexity index is 566. The van der Waals surface area contributed by atoms with Crippen LogP contribution in [0.5, 0.6) is 5.75 Å². The Morgan fingerprint density at radius 1 is 1.30 bits per heavy atom. The smallest absolute Gasteiger partial charge is 0.120 e. The van der Waals surface area contributed by atoms with Gasteiger partial charge in [-0.2, -0.15) is 0 Å². The second-order valence-corrected chi connectivity index (χ2v) is 7.27. The topological polar surface area (TPSA) is 21.3 Å². The van der Waals surface area contributed by atoms with E-state index in [-0.39, 0.29) is 12.1 Å². The van der Waals surface area contributed by atoms with Gasteiger partial charge in [-0.15, -0.1) is 11.3 Å². The highest BCUT2D eigenvalue weighted by Crippen LogP contribution is 2.37. The summed E-state index contributed by atoms with van der Waals surface area (Å²) in [4.78, 5) is 1.17. The summed E-state index contributed by atoms with van der Waals surface area (Å²) in [6.45, 7) is 4.05. The lowest BCUT2D eigenvalue weighted by molar-refractivity contribution is 0.242. The Balaban J connectivity index is 2.31. The van der Waals surface area contributed by atoms with E-state index in [9.17, 15) is 0 Å². The summed E-state index contributed by atoms with van der Waals surface area (Å²) < 4.78 is 7.47. The molecule has 0 spiro atoms. The molecule has 2 nitrogen and oxygen atoms in total. The van der Waals surface area contributed by atoms with Gasteiger partial charge < -0.3 is 10.1 Å². The number of rotatable bonds is 5. The Morgan fingerprint density at radius 2 is 2.05 bits per heavy atom. The van der Waals surface area contributed by atoms with Crippen molar-refractivity contribution in [1.82, 2.24) is 5.32 Å². The van der Waals surface area contributed by atoms with Gasteiger partial charge in [0.15, 0.2) is 0 Å². The summed E-state index contributed by atoms with van der Waals surface area (Å²) in [6, 6.07) is 10.3. The van der Waals surface area contributed by atoms with Crippen LogP contribution in [0.4, 0.5) is 0 Å². The van der Waals surface area contributed by atoms with Gasteiger partial charge in [-0.3, -0.25) is 0 Å². The molecule has 2 rings (SSSR count). The van der Waals surface area contributed by atoms with Gasteiger partial charge in [0.25, 0.3) is 0 Å². The highest BCUT2D eigenvalue weighted by molar-refractivity contribution is 9.10. The monoisotopic (exact) mass is 373 g/mol. The molecule has 0 aliphatic carbocycles. The zero-order valence-electron chi connectivity index (χ0n) is 11.6. The minimum absolute atomic E-state index is 0.111. The largest absolute Gasteiger partial charge is 0.491 e. The van der Waals surface area contributed by atoms with Crippen LogP contribution in [0.15, 0.2) is 34.8 Å². The van der Waals surface area contributed by atoms with Crippen LogP contribution in [0.1, 0.15) is 30.3 Å². The predicted molar refractivity (Wildman–Crippen MR) is 90.1 cm³/mol. The van der Waals surface area contributed by atoms with Crippen LogP contribution in [0, 0.1) is 0 Å². The van der Waals surface area contributed by atoms with Crippen molar-refractivity contribution >= 4 is 38.9 Å². The quantitative estimate of drug-likeness (QED) is 0.770. The zero-order chi connectivity index (χ0) is 14.7. The van der Waals surface area contributed by atoms with Crippen LogP contribution in [0.3, 0.4) is 0 Å². The van der Waals surface area contributed by atoms with E-state index in [4.69, 9.17) is 16.3 Å². The first kappa shape index (κ1) is 15.8. The first-order valence-corrected chi connectivity index (χ1v) is 8.38. The van der Waals surface area contributed by atoms with Crippen molar-refractivity contribution in [1.29, 1.82) is 0 Å². The SMILES string of the molecule is CNC(c1cccc(OC(C)C)c1)c1cc(Br)c(Cl)s1. The summed E-state index contributed by atoms with van der Waals surface area (Å²) >= 11 is 11.2. The van der Waals surface area contributed by atoms with Crippen LogP contribution in [-0.2, 0) is 0 Å². The molecule has 0 saturated heterocycles. The van der Waals surface area contributed by atoms with Gasteiger partial charge in [0.2, 0.25) is 0 Å². The number of hydrogen-bond acceptors (Lipinski definition) is 3. The second kappa shape index (κ2) is 6.94. The van der Waals surface area contributed by atoms with E-state index in [0.717, 1.165) is 20.1 Å². The van der Waals surface area contributed by atoms with E-state index in [1.807, 2.05) is 33.0 Å². The minimum Gasteiger partial charge on any atom is -0.491 e. The molecule has 1 atom stereocenters. The molecule has 5 heteroatoms. The van der Waals surface area contributed by atoms with E-state index >= 15 is 0 Å². The van der Waals surface area contributed by atoms with Crippen molar-refractivity contribution in [3.63, 3.8) is 0 Å². The average Bonchev–Trinajstić information content (AvgIpc) is 2.70. The zero-order valence-corrected chi connectivity index (χ0v) is 14.8. The number of ether oxygens (including phenoxy) is 1. The third-order valence-corrected chi connectivity index (χ3v) is 5.34. The number of hydrogen-bond donors (Lipinski definition) is 1. The van der Waals surface area contributed by atoms with E-state index in [1.54, 1.807) is 11.3 Å². The lowest BCUT2D eigenvalue weighted by atomic mass is 10.1. The van der Waals surface area contributed by atoms with E-state index < -0.39 is 0 Å². The molecule has 0 bridgehead atoms. The molecular weight excluding hydrogens is 358 g/mol. The molecule has 20 heavy (non-hydrogen) atoms. The van der Waals surface area contributed by atoms with E-state index in [1.165, 1.54) is 4.88 Å². The molecule has 0 saturated carbocycles. The van der Waals surface area contributed by atoms with Crippen molar-refractivity contribution in [3.8, 4) is 5.75 Å². The Morgan fingerprint density at radius 3 is 2.60 bits per heavy atom. The minimum atomic E-state index is 0.111. The van der Waals surface area contributed by atoms with E-state index in [0.29, 0.717) is 0 Å². The molecule has 0 aliphatic heterocycles. The van der Waals surface area contributed by atoms with Crippen LogP contribution in [-0.4, -0.2) is 13.2 Å². The number of thiophene rings is 1. The number of benzene rings is 1. The molecule has 0 radical (unpaired) electrons. The van der Waals surface area contributed by atoms with Crippen LogP contribution >= 0.6 is 38.9 Å². The Hall–Kier alpha value is -0.550. The standard InChI is InChI=1S/C15H17BrClNOS/c1-9(2)19-11-6-4-5-10(7-11)14(18-3)13-8-12(16)15(17)20-13/h4-9,14,18H,1-3H3. The molecule has 1 aromatic heterocycles. The van der Waals surface area contributed by atoms with E-state index in [2.05, 4.69) is 39.4 Å². The summed E-state index contributed by atoms with van der Waals surface area (Å²) in [5, 5.41) is 3.33. The van der Waals surface area contributed by atoms with Gasteiger partial charge in [-0.05, 0) is 60.6 Å². The molecule has 0 fully saturated rings. The summed E-state index contributed by atoms with van der Waals surface area (Å²) in [7, 11) is 1.95. The van der Waals surface area contributed by atoms with Crippen molar-refractivity contribution in [2.75, 3.05) is 7.05 Å². The van der Waals surface area contributed by atoms with Crippen molar-refractivity contribution in [3.05, 3.63) is 49.6 Å². The van der Waals surface area contributed by atoms with Gasteiger partial charge in [0.05, 0.1) is 12.1 Å². The fourth-order valence-electron chi connectivity index (χ4n) is 2.02. The molecule has 1 heterocycles. The maximum absolute atomic E-state index is 6.14. The second-order valence-electron chi connectivity index (χ2n) is 4.73. The summed E-state index contributed by atoms with van der Waals surface area (Å²) in [5.74, 6) is 0.888. The van der Waals surface area contributed by atoms with Crippen LogP contribution in [0.2, 0.25) is 4.34 Å². The Labute approximate surface area is 137 Å². The molecule has 1 aromatic carbocycles. The lowest BCUT2D eigenvalue weighted by Crippen LogP contribution is -2.16. The van der Waals surface area contributed by atoms with Crippen LogP contribution in [0.25, 0.3) is 0 Å². The predicted octanol–water partition coefficient (Wildman–Crippen LogP) is 5.26. The highest BCUT2D eigenvalue weighted by Gasteiger charge is 2.17. The molecule has 1 N–H and O–H groups in total. The van der Waals surface area contributed by atoms with Gasteiger partial charge in [0.1, 0.15) is 10.1 Å². The molecule has 0 aliphatic rings. The van der Waals surface area contributed by atoms with Crippen molar-refractivity contribution < 1.29 is 4.74 Å².